The molecule has 5 nitrogen and oxygen atoms in total. The SMILES string of the molecule is Cc1cc2c(N(C)C)cccc2c(N2CCC(C(N)=O)CC2)n1. The van der Waals surface area contributed by atoms with Gasteiger partial charge >= 0.3 is 0 Å². The van der Waals surface area contributed by atoms with E-state index in [-0.39, 0.29) is 11.8 Å². The van der Waals surface area contributed by atoms with Crippen molar-refractivity contribution in [1.82, 2.24) is 4.98 Å². The second-order valence-electron chi connectivity index (χ2n) is 6.52. The highest BCUT2D eigenvalue weighted by Gasteiger charge is 2.25. The minimum atomic E-state index is -0.179. The standard InChI is InChI=1S/C18H24N4O/c1-12-11-15-14(5-4-6-16(15)21(2)3)18(20-12)22-9-7-13(8-10-22)17(19)23/h4-6,11,13H,7-10H2,1-3H3,(H2,19,23). The van der Waals surface area contributed by atoms with E-state index in [9.17, 15) is 4.79 Å². The summed E-state index contributed by atoms with van der Waals surface area (Å²) >= 11 is 0. The number of pyridine rings is 1. The van der Waals surface area contributed by atoms with Gasteiger partial charge < -0.3 is 15.5 Å². The Labute approximate surface area is 137 Å². The summed E-state index contributed by atoms with van der Waals surface area (Å²) in [5, 5.41) is 2.39. The van der Waals surface area contributed by atoms with Gasteiger partial charge in [0.25, 0.3) is 0 Å². The van der Waals surface area contributed by atoms with E-state index >= 15 is 0 Å². The number of nitrogens with two attached hydrogens (primary N) is 1. The monoisotopic (exact) mass is 312 g/mol. The Hall–Kier alpha value is -2.30. The molecule has 1 amide bonds. The molecule has 1 fully saturated rings. The zero-order chi connectivity index (χ0) is 16.6. The van der Waals surface area contributed by atoms with Crippen LogP contribution in [0.25, 0.3) is 10.8 Å². The largest absolute Gasteiger partial charge is 0.377 e. The molecule has 2 N–H and O–H groups in total. The fourth-order valence-electron chi connectivity index (χ4n) is 3.37. The molecule has 3 rings (SSSR count). The highest BCUT2D eigenvalue weighted by atomic mass is 16.1. The van der Waals surface area contributed by atoms with E-state index in [4.69, 9.17) is 10.7 Å². The first kappa shape index (κ1) is 15.6. The van der Waals surface area contributed by atoms with Crippen molar-refractivity contribution in [3.8, 4) is 0 Å². The average molecular weight is 312 g/mol. The summed E-state index contributed by atoms with van der Waals surface area (Å²) in [5.74, 6) is 0.841. The molecule has 1 aromatic carbocycles. The zero-order valence-corrected chi connectivity index (χ0v) is 14.0. The number of piperidine rings is 1. The third-order valence-electron chi connectivity index (χ3n) is 4.64. The van der Waals surface area contributed by atoms with Crippen LogP contribution in [0.1, 0.15) is 18.5 Å². The molecule has 2 heterocycles. The summed E-state index contributed by atoms with van der Waals surface area (Å²) in [6.07, 6.45) is 1.61. The van der Waals surface area contributed by atoms with Gasteiger partial charge in [-0.15, -0.1) is 0 Å². The number of hydrogen-bond acceptors (Lipinski definition) is 4. The first-order chi connectivity index (χ1) is 11.0. The third kappa shape index (κ3) is 2.96. The molecular formula is C18H24N4O. The predicted molar refractivity (Wildman–Crippen MR) is 94.9 cm³/mol. The lowest BCUT2D eigenvalue weighted by Gasteiger charge is -2.32. The Morgan fingerprint density at radius 3 is 2.57 bits per heavy atom. The van der Waals surface area contributed by atoms with Crippen molar-refractivity contribution in [2.24, 2.45) is 11.7 Å². The van der Waals surface area contributed by atoms with Gasteiger partial charge in [0.05, 0.1) is 0 Å². The second-order valence-corrected chi connectivity index (χ2v) is 6.52. The lowest BCUT2D eigenvalue weighted by Crippen LogP contribution is -2.39. The zero-order valence-electron chi connectivity index (χ0n) is 14.0. The molecular weight excluding hydrogens is 288 g/mol. The Morgan fingerprint density at radius 1 is 1.26 bits per heavy atom. The van der Waals surface area contributed by atoms with E-state index in [1.54, 1.807) is 0 Å². The molecule has 0 aliphatic carbocycles. The number of benzene rings is 1. The van der Waals surface area contributed by atoms with Crippen LogP contribution in [-0.4, -0.2) is 38.1 Å². The van der Waals surface area contributed by atoms with Crippen LogP contribution in [0.5, 0.6) is 0 Å². The van der Waals surface area contributed by atoms with Crippen LogP contribution < -0.4 is 15.5 Å². The molecule has 0 bridgehead atoms. The maximum absolute atomic E-state index is 11.4. The van der Waals surface area contributed by atoms with E-state index in [1.807, 2.05) is 6.92 Å². The van der Waals surface area contributed by atoms with Gasteiger partial charge in [-0.3, -0.25) is 4.79 Å². The van der Waals surface area contributed by atoms with Crippen LogP contribution in [0.3, 0.4) is 0 Å². The van der Waals surface area contributed by atoms with Crippen molar-refractivity contribution in [3.63, 3.8) is 0 Å². The molecule has 5 heteroatoms. The number of fused-ring (bicyclic) bond motifs is 1. The number of nitrogens with zero attached hydrogens (tertiary/aromatic N) is 3. The Kier molecular flexibility index (Phi) is 4.11. The fraction of sp³-hybridized carbons (Fsp3) is 0.444. The molecule has 0 unspecified atom stereocenters. The molecule has 1 aliphatic heterocycles. The Morgan fingerprint density at radius 2 is 1.96 bits per heavy atom. The maximum atomic E-state index is 11.4. The quantitative estimate of drug-likeness (QED) is 0.945. The molecule has 1 aromatic heterocycles. The van der Waals surface area contributed by atoms with Gasteiger partial charge in [0.15, 0.2) is 0 Å². The number of carbonyl (C=O) groups excluding carboxylic acids is 1. The van der Waals surface area contributed by atoms with Gasteiger partial charge in [-0.2, -0.15) is 0 Å². The predicted octanol–water partition coefficient (Wildman–Crippen LogP) is 2.31. The van der Waals surface area contributed by atoms with Gasteiger partial charge in [0.1, 0.15) is 5.82 Å². The molecule has 1 aliphatic rings. The van der Waals surface area contributed by atoms with Crippen LogP contribution in [-0.2, 0) is 4.79 Å². The lowest BCUT2D eigenvalue weighted by atomic mass is 9.96. The number of primary amides is 1. The number of amides is 1. The van der Waals surface area contributed by atoms with Crippen molar-refractivity contribution >= 4 is 28.2 Å². The Bertz CT molecular complexity index is 733. The molecule has 122 valence electrons. The maximum Gasteiger partial charge on any atom is 0.220 e. The summed E-state index contributed by atoms with van der Waals surface area (Å²) in [7, 11) is 4.12. The van der Waals surface area contributed by atoms with Crippen molar-refractivity contribution < 1.29 is 4.79 Å². The van der Waals surface area contributed by atoms with Crippen molar-refractivity contribution in [2.75, 3.05) is 37.0 Å². The third-order valence-corrected chi connectivity index (χ3v) is 4.64. The van der Waals surface area contributed by atoms with Gasteiger partial charge in [0.2, 0.25) is 5.91 Å². The van der Waals surface area contributed by atoms with E-state index in [2.05, 4.69) is 48.2 Å². The molecule has 2 aromatic rings. The van der Waals surface area contributed by atoms with Crippen LogP contribution in [0.2, 0.25) is 0 Å². The van der Waals surface area contributed by atoms with Crippen LogP contribution in [0, 0.1) is 12.8 Å². The first-order valence-electron chi connectivity index (χ1n) is 8.09. The minimum absolute atomic E-state index is 0.000315. The molecule has 0 spiro atoms. The van der Waals surface area contributed by atoms with E-state index < -0.39 is 0 Å². The normalized spacial score (nSPS) is 15.9. The number of carbonyl (C=O) groups is 1. The van der Waals surface area contributed by atoms with Crippen molar-refractivity contribution in [1.29, 1.82) is 0 Å². The number of aromatic nitrogens is 1. The molecule has 0 saturated carbocycles. The van der Waals surface area contributed by atoms with Crippen molar-refractivity contribution in [3.05, 3.63) is 30.0 Å². The summed E-state index contributed by atoms with van der Waals surface area (Å²) in [5.41, 5.74) is 7.65. The minimum Gasteiger partial charge on any atom is -0.377 e. The van der Waals surface area contributed by atoms with E-state index in [0.29, 0.717) is 0 Å². The number of rotatable bonds is 3. The first-order valence-corrected chi connectivity index (χ1v) is 8.09. The van der Waals surface area contributed by atoms with E-state index in [0.717, 1.165) is 37.4 Å². The van der Waals surface area contributed by atoms with Gasteiger partial charge in [-0.25, -0.2) is 4.98 Å². The molecule has 0 atom stereocenters. The van der Waals surface area contributed by atoms with Crippen molar-refractivity contribution in [2.45, 2.75) is 19.8 Å². The van der Waals surface area contributed by atoms with Crippen LogP contribution in [0.4, 0.5) is 11.5 Å². The number of aryl methyl sites for hydroxylation is 1. The van der Waals surface area contributed by atoms with Gasteiger partial charge in [0, 0.05) is 55.3 Å². The highest BCUT2D eigenvalue weighted by molar-refractivity contribution is 6.00. The molecule has 1 saturated heterocycles. The summed E-state index contributed by atoms with van der Waals surface area (Å²) in [4.78, 5) is 20.6. The van der Waals surface area contributed by atoms with Gasteiger partial charge in [-0.05, 0) is 31.9 Å². The molecule has 0 radical (unpaired) electrons. The second kappa shape index (κ2) is 6.07. The summed E-state index contributed by atoms with van der Waals surface area (Å²) < 4.78 is 0. The summed E-state index contributed by atoms with van der Waals surface area (Å²) in [6, 6.07) is 8.48. The Balaban J connectivity index is 2.01. The smallest absolute Gasteiger partial charge is 0.220 e. The highest BCUT2D eigenvalue weighted by Crippen LogP contribution is 2.33. The van der Waals surface area contributed by atoms with E-state index in [1.165, 1.54) is 16.5 Å². The van der Waals surface area contributed by atoms with Crippen LogP contribution in [0.15, 0.2) is 24.3 Å². The van der Waals surface area contributed by atoms with Crippen LogP contribution >= 0.6 is 0 Å². The van der Waals surface area contributed by atoms with Gasteiger partial charge in [-0.1, -0.05) is 12.1 Å². The fourth-order valence-corrected chi connectivity index (χ4v) is 3.37. The number of hydrogen-bond donors (Lipinski definition) is 1. The lowest BCUT2D eigenvalue weighted by molar-refractivity contribution is -0.122. The number of anilines is 2. The average Bonchev–Trinajstić information content (AvgIpc) is 2.53. The topological polar surface area (TPSA) is 62.5 Å². The molecule has 23 heavy (non-hydrogen) atoms. The summed E-state index contributed by atoms with van der Waals surface area (Å²) in [6.45, 7) is 3.68.